The number of para-hydroxylation sites is 2. The molecule has 1 aromatic heterocycles. The van der Waals surface area contributed by atoms with Gasteiger partial charge < -0.3 is 15.6 Å². The lowest BCUT2D eigenvalue weighted by molar-refractivity contribution is 0.0964. The lowest BCUT2D eigenvalue weighted by atomic mass is 10.1. The van der Waals surface area contributed by atoms with Crippen molar-refractivity contribution in [2.45, 2.75) is 0 Å². The maximum atomic E-state index is 12.6. The van der Waals surface area contributed by atoms with Gasteiger partial charge in [0, 0.05) is 18.6 Å². The number of carbonyl (C=O) groups is 2. The first-order valence-corrected chi connectivity index (χ1v) is 7.83. The quantitative estimate of drug-likeness (QED) is 0.674. The Labute approximate surface area is 147 Å². The highest BCUT2D eigenvalue weighted by atomic mass is 35.5. The zero-order chi connectivity index (χ0) is 18.0. The lowest BCUT2D eigenvalue weighted by Gasteiger charge is -2.10. The number of hydrogen-bond donors (Lipinski definition) is 3. The normalized spacial score (nSPS) is 10.5. The summed E-state index contributed by atoms with van der Waals surface area (Å²) >= 11 is 6.05. The summed E-state index contributed by atoms with van der Waals surface area (Å²) in [5.74, 6) is -0.949. The molecule has 0 saturated carbocycles. The number of fused-ring (bicyclic) bond motifs is 1. The van der Waals surface area contributed by atoms with E-state index in [1.165, 1.54) is 13.2 Å². The third kappa shape index (κ3) is 3.12. The van der Waals surface area contributed by atoms with Crippen molar-refractivity contribution in [2.75, 3.05) is 12.4 Å². The molecule has 0 aliphatic carbocycles. The molecule has 0 bridgehead atoms. The fraction of sp³-hybridized carbons (Fsp3) is 0.0556. The Morgan fingerprint density at radius 3 is 2.52 bits per heavy atom. The number of benzene rings is 2. The number of amides is 2. The Morgan fingerprint density at radius 2 is 1.76 bits per heavy atom. The largest absolute Gasteiger partial charge is 0.359 e. The summed E-state index contributed by atoms with van der Waals surface area (Å²) in [6.07, 6.45) is 1.31. The second-order valence-corrected chi connectivity index (χ2v) is 5.68. The molecule has 0 unspecified atom stereocenters. The number of nitrogens with one attached hydrogen (secondary N) is 3. The highest BCUT2D eigenvalue weighted by Crippen LogP contribution is 2.20. The maximum absolute atomic E-state index is 12.6. The molecule has 0 atom stereocenters. The van der Waals surface area contributed by atoms with Crippen molar-refractivity contribution in [3.05, 3.63) is 75.0 Å². The summed E-state index contributed by atoms with van der Waals surface area (Å²) < 4.78 is 0. The highest BCUT2D eigenvalue weighted by molar-refractivity contribution is 6.35. The summed E-state index contributed by atoms with van der Waals surface area (Å²) in [6.45, 7) is 0. The minimum Gasteiger partial charge on any atom is -0.359 e. The van der Waals surface area contributed by atoms with E-state index in [1.807, 2.05) is 0 Å². The number of anilines is 1. The molecule has 0 aliphatic heterocycles. The van der Waals surface area contributed by atoms with Gasteiger partial charge in [0.1, 0.15) is 5.56 Å². The molecule has 0 spiro atoms. The van der Waals surface area contributed by atoms with Gasteiger partial charge in [0.05, 0.1) is 21.8 Å². The van der Waals surface area contributed by atoms with Gasteiger partial charge >= 0.3 is 0 Å². The topological polar surface area (TPSA) is 91.1 Å². The van der Waals surface area contributed by atoms with Crippen molar-refractivity contribution in [2.24, 2.45) is 0 Å². The molecule has 25 heavy (non-hydrogen) atoms. The molecule has 0 aliphatic rings. The second-order valence-electron chi connectivity index (χ2n) is 5.27. The van der Waals surface area contributed by atoms with Crippen molar-refractivity contribution in [3.63, 3.8) is 0 Å². The molecular weight excluding hydrogens is 342 g/mol. The molecular formula is C18H14ClN3O3. The SMILES string of the molecule is CNC(=O)c1ccccc1NC(=O)c1c[nH]c2c(Cl)cccc2c1=O. The highest BCUT2D eigenvalue weighted by Gasteiger charge is 2.17. The Balaban J connectivity index is 2.01. The number of H-pyrrole nitrogens is 1. The molecule has 3 N–H and O–H groups in total. The van der Waals surface area contributed by atoms with Crippen molar-refractivity contribution in [3.8, 4) is 0 Å². The molecule has 3 aromatic rings. The Bertz CT molecular complexity index is 1040. The van der Waals surface area contributed by atoms with Crippen LogP contribution in [0.2, 0.25) is 5.02 Å². The molecule has 6 nitrogen and oxygen atoms in total. The van der Waals surface area contributed by atoms with E-state index in [2.05, 4.69) is 15.6 Å². The van der Waals surface area contributed by atoms with E-state index in [9.17, 15) is 14.4 Å². The number of aromatic amines is 1. The molecule has 0 saturated heterocycles. The van der Waals surface area contributed by atoms with Crippen LogP contribution in [0, 0.1) is 0 Å². The third-order valence-corrected chi connectivity index (χ3v) is 4.07. The van der Waals surface area contributed by atoms with Gasteiger partial charge in [-0.1, -0.05) is 29.8 Å². The van der Waals surface area contributed by atoms with Crippen LogP contribution in [0.15, 0.2) is 53.5 Å². The fourth-order valence-corrected chi connectivity index (χ4v) is 2.73. The zero-order valence-corrected chi connectivity index (χ0v) is 14.0. The van der Waals surface area contributed by atoms with Gasteiger partial charge in [-0.25, -0.2) is 0 Å². The zero-order valence-electron chi connectivity index (χ0n) is 13.2. The van der Waals surface area contributed by atoms with Gasteiger partial charge in [0.2, 0.25) is 5.43 Å². The van der Waals surface area contributed by atoms with Gasteiger partial charge in [-0.15, -0.1) is 0 Å². The first-order chi connectivity index (χ1) is 12.0. The second kappa shape index (κ2) is 6.78. The van der Waals surface area contributed by atoms with E-state index in [0.717, 1.165) is 0 Å². The van der Waals surface area contributed by atoms with E-state index >= 15 is 0 Å². The summed E-state index contributed by atoms with van der Waals surface area (Å²) in [6, 6.07) is 11.4. The van der Waals surface area contributed by atoms with Gasteiger partial charge in [-0.05, 0) is 24.3 Å². The first-order valence-electron chi connectivity index (χ1n) is 7.45. The van der Waals surface area contributed by atoms with Crippen molar-refractivity contribution >= 4 is 40.0 Å². The average Bonchev–Trinajstić information content (AvgIpc) is 2.62. The van der Waals surface area contributed by atoms with Crippen molar-refractivity contribution in [1.29, 1.82) is 0 Å². The van der Waals surface area contributed by atoms with Crippen LogP contribution in [0.4, 0.5) is 5.69 Å². The Kier molecular flexibility index (Phi) is 4.54. The third-order valence-electron chi connectivity index (χ3n) is 3.76. The minimum absolute atomic E-state index is 0.0681. The lowest BCUT2D eigenvalue weighted by Crippen LogP contribution is -2.24. The van der Waals surface area contributed by atoms with Gasteiger partial charge in [-0.2, -0.15) is 0 Å². The van der Waals surface area contributed by atoms with Gasteiger partial charge in [0.25, 0.3) is 11.8 Å². The van der Waals surface area contributed by atoms with Crippen LogP contribution in [-0.4, -0.2) is 23.8 Å². The van der Waals surface area contributed by atoms with Gasteiger partial charge in [-0.3, -0.25) is 14.4 Å². The van der Waals surface area contributed by atoms with Crippen LogP contribution in [0.3, 0.4) is 0 Å². The number of rotatable bonds is 3. The van der Waals surface area contributed by atoms with E-state index in [0.29, 0.717) is 27.2 Å². The standard InChI is InChI=1S/C18H14ClN3O3/c1-20-17(24)10-5-2-3-8-14(10)22-18(25)12-9-21-15-11(16(12)23)6-4-7-13(15)19/h2-9H,1H3,(H,20,24)(H,21,23)(H,22,25). The van der Waals surface area contributed by atoms with Crippen LogP contribution >= 0.6 is 11.6 Å². The molecule has 0 radical (unpaired) electrons. The minimum atomic E-state index is -0.612. The van der Waals surface area contributed by atoms with Crippen LogP contribution in [0.5, 0.6) is 0 Å². The van der Waals surface area contributed by atoms with E-state index in [4.69, 9.17) is 11.6 Å². The Hall–Kier alpha value is -3.12. The predicted molar refractivity (Wildman–Crippen MR) is 97.4 cm³/mol. The van der Waals surface area contributed by atoms with Crippen LogP contribution in [0.1, 0.15) is 20.7 Å². The smallest absolute Gasteiger partial charge is 0.261 e. The van der Waals surface area contributed by atoms with Crippen molar-refractivity contribution in [1.82, 2.24) is 10.3 Å². The molecule has 2 amide bonds. The van der Waals surface area contributed by atoms with Crippen molar-refractivity contribution < 1.29 is 9.59 Å². The molecule has 0 fully saturated rings. The average molecular weight is 356 g/mol. The number of halogens is 1. The maximum Gasteiger partial charge on any atom is 0.261 e. The van der Waals surface area contributed by atoms with E-state index in [-0.39, 0.29) is 11.5 Å². The molecule has 3 rings (SSSR count). The monoisotopic (exact) mass is 355 g/mol. The Morgan fingerprint density at radius 1 is 1.00 bits per heavy atom. The summed E-state index contributed by atoms with van der Waals surface area (Å²) in [4.78, 5) is 39.9. The number of aromatic nitrogens is 1. The van der Waals surface area contributed by atoms with E-state index in [1.54, 1.807) is 42.5 Å². The van der Waals surface area contributed by atoms with Gasteiger partial charge in [0.15, 0.2) is 0 Å². The molecule has 126 valence electrons. The van der Waals surface area contributed by atoms with Crippen LogP contribution in [-0.2, 0) is 0 Å². The molecule has 1 heterocycles. The number of hydrogen-bond acceptors (Lipinski definition) is 3. The summed E-state index contributed by atoms with van der Waals surface area (Å²) in [7, 11) is 1.50. The first kappa shape index (κ1) is 16.7. The number of pyridine rings is 1. The van der Waals surface area contributed by atoms with Crippen LogP contribution in [0.25, 0.3) is 10.9 Å². The predicted octanol–water partition coefficient (Wildman–Crippen LogP) is 2.79. The van der Waals surface area contributed by atoms with E-state index < -0.39 is 11.3 Å². The summed E-state index contributed by atoms with van der Waals surface area (Å²) in [5, 5.41) is 5.83. The fourth-order valence-electron chi connectivity index (χ4n) is 2.50. The molecule has 7 heteroatoms. The molecule has 2 aromatic carbocycles. The van der Waals surface area contributed by atoms with Crippen LogP contribution < -0.4 is 16.1 Å². The number of carbonyl (C=O) groups excluding carboxylic acids is 2. The summed E-state index contributed by atoms with van der Waals surface area (Å²) in [5.41, 5.74) is 0.584.